The van der Waals surface area contributed by atoms with Gasteiger partial charge in [-0.2, -0.15) is 0 Å². The molecule has 1 N–H and O–H groups in total. The Kier molecular flexibility index (Phi) is 10.8. The van der Waals surface area contributed by atoms with Gasteiger partial charge in [-0.25, -0.2) is 12.8 Å². The SMILES string of the molecule is CCNC(=O)[C@@H](C)N(Cc1c(Cl)cccc1Cl)C(=O)CN(c1ccc(F)cc1)S(=O)(=O)c1ccc(OCC)cc1. The van der Waals surface area contributed by atoms with Crippen molar-refractivity contribution in [3.8, 4) is 5.75 Å². The topological polar surface area (TPSA) is 96.0 Å². The maximum Gasteiger partial charge on any atom is 0.264 e. The molecule has 214 valence electrons. The summed E-state index contributed by atoms with van der Waals surface area (Å²) in [7, 11) is -4.32. The first-order valence-electron chi connectivity index (χ1n) is 12.5. The van der Waals surface area contributed by atoms with Crippen LogP contribution in [0.2, 0.25) is 10.0 Å². The number of rotatable bonds is 12. The van der Waals surface area contributed by atoms with E-state index in [9.17, 15) is 22.4 Å². The Labute approximate surface area is 243 Å². The lowest BCUT2D eigenvalue weighted by Crippen LogP contribution is -2.51. The first-order valence-corrected chi connectivity index (χ1v) is 14.7. The van der Waals surface area contributed by atoms with Crippen molar-refractivity contribution in [3.05, 3.63) is 88.2 Å². The minimum atomic E-state index is -4.32. The number of hydrogen-bond donors (Lipinski definition) is 1. The second-order valence-electron chi connectivity index (χ2n) is 8.68. The van der Waals surface area contributed by atoms with Gasteiger partial charge in [0.15, 0.2) is 0 Å². The quantitative estimate of drug-likeness (QED) is 0.301. The van der Waals surface area contributed by atoms with Crippen molar-refractivity contribution in [2.75, 3.05) is 24.0 Å². The summed E-state index contributed by atoms with van der Waals surface area (Å²) in [6, 6.07) is 14.3. The maximum absolute atomic E-state index is 13.8. The Bertz CT molecular complexity index is 1420. The third-order valence-electron chi connectivity index (χ3n) is 6.02. The highest BCUT2D eigenvalue weighted by atomic mass is 35.5. The predicted octanol–water partition coefficient (Wildman–Crippen LogP) is 5.28. The van der Waals surface area contributed by atoms with Crippen LogP contribution in [0.25, 0.3) is 0 Å². The first kappa shape index (κ1) is 31.2. The zero-order valence-electron chi connectivity index (χ0n) is 22.2. The molecule has 1 atom stereocenters. The van der Waals surface area contributed by atoms with Gasteiger partial charge in [-0.05, 0) is 81.4 Å². The third kappa shape index (κ3) is 7.44. The number of ether oxygens (including phenoxy) is 1. The molecular formula is C28H30Cl2FN3O5S. The van der Waals surface area contributed by atoms with E-state index in [0.717, 1.165) is 16.4 Å². The zero-order chi connectivity index (χ0) is 29.4. The second kappa shape index (κ2) is 13.8. The molecule has 12 heteroatoms. The summed E-state index contributed by atoms with van der Waals surface area (Å²) in [5, 5.41) is 3.24. The van der Waals surface area contributed by atoms with E-state index in [-0.39, 0.29) is 27.2 Å². The molecule has 3 aromatic rings. The summed E-state index contributed by atoms with van der Waals surface area (Å²) in [6.07, 6.45) is 0. The molecule has 8 nitrogen and oxygen atoms in total. The molecule has 40 heavy (non-hydrogen) atoms. The van der Waals surface area contributed by atoms with Crippen LogP contribution in [0.1, 0.15) is 26.3 Å². The van der Waals surface area contributed by atoms with E-state index in [0.29, 0.717) is 24.5 Å². The van der Waals surface area contributed by atoms with E-state index in [2.05, 4.69) is 5.32 Å². The monoisotopic (exact) mass is 609 g/mol. The molecule has 2 amide bonds. The highest BCUT2D eigenvalue weighted by molar-refractivity contribution is 7.92. The van der Waals surface area contributed by atoms with Gasteiger partial charge in [-0.15, -0.1) is 0 Å². The number of anilines is 1. The van der Waals surface area contributed by atoms with E-state index < -0.39 is 40.2 Å². The van der Waals surface area contributed by atoms with E-state index in [1.54, 1.807) is 32.0 Å². The molecule has 0 radical (unpaired) electrons. The molecule has 3 aromatic carbocycles. The summed E-state index contributed by atoms with van der Waals surface area (Å²) in [5.74, 6) is -1.24. The number of benzene rings is 3. The molecule has 0 aliphatic heterocycles. The summed E-state index contributed by atoms with van der Waals surface area (Å²) < 4.78 is 47.6. The fraction of sp³-hybridized carbons (Fsp3) is 0.286. The number of nitrogens with zero attached hydrogens (tertiary/aromatic N) is 2. The molecule has 0 bridgehead atoms. The number of hydrogen-bond acceptors (Lipinski definition) is 5. The smallest absolute Gasteiger partial charge is 0.264 e. The van der Waals surface area contributed by atoms with Gasteiger partial charge in [-0.3, -0.25) is 13.9 Å². The van der Waals surface area contributed by atoms with Crippen LogP contribution in [-0.2, 0) is 26.2 Å². The van der Waals surface area contributed by atoms with Gasteiger partial charge in [0.25, 0.3) is 10.0 Å². The van der Waals surface area contributed by atoms with Crippen LogP contribution >= 0.6 is 23.2 Å². The number of carbonyl (C=O) groups excluding carboxylic acids is 2. The maximum atomic E-state index is 13.8. The molecule has 0 aliphatic rings. The molecule has 0 spiro atoms. The molecule has 0 heterocycles. The number of carbonyl (C=O) groups is 2. The van der Waals surface area contributed by atoms with E-state index in [1.807, 2.05) is 0 Å². The summed E-state index contributed by atoms with van der Waals surface area (Å²) in [5.41, 5.74) is 0.461. The number of nitrogens with one attached hydrogen (secondary N) is 1. The molecule has 0 aliphatic carbocycles. The molecule has 0 saturated heterocycles. The summed E-state index contributed by atoms with van der Waals surface area (Å²) in [6.45, 7) is 4.94. The van der Waals surface area contributed by atoms with Crippen LogP contribution < -0.4 is 14.4 Å². The van der Waals surface area contributed by atoms with Gasteiger partial charge in [0.2, 0.25) is 11.8 Å². The molecule has 0 fully saturated rings. The van der Waals surface area contributed by atoms with Crippen LogP contribution in [-0.4, -0.2) is 50.9 Å². The number of halogens is 3. The number of likely N-dealkylation sites (N-methyl/N-ethyl adjacent to an activating group) is 1. The summed E-state index contributed by atoms with van der Waals surface area (Å²) >= 11 is 12.7. The van der Waals surface area contributed by atoms with Crippen LogP contribution in [0.3, 0.4) is 0 Å². The van der Waals surface area contributed by atoms with Gasteiger partial charge in [-0.1, -0.05) is 29.3 Å². The van der Waals surface area contributed by atoms with Crippen LogP contribution in [0.4, 0.5) is 10.1 Å². The Balaban J connectivity index is 2.05. The minimum absolute atomic E-state index is 0.0602. The Morgan fingerprint density at radius 1 is 0.975 bits per heavy atom. The lowest BCUT2D eigenvalue weighted by atomic mass is 10.1. The molecule has 3 rings (SSSR count). The lowest BCUT2D eigenvalue weighted by molar-refractivity contribution is -0.139. The fourth-order valence-electron chi connectivity index (χ4n) is 3.90. The molecule has 0 saturated carbocycles. The second-order valence-corrected chi connectivity index (χ2v) is 11.4. The third-order valence-corrected chi connectivity index (χ3v) is 8.52. The Hall–Kier alpha value is -3.34. The highest BCUT2D eigenvalue weighted by Gasteiger charge is 2.33. The van der Waals surface area contributed by atoms with E-state index >= 15 is 0 Å². The first-order chi connectivity index (χ1) is 19.0. The lowest BCUT2D eigenvalue weighted by Gasteiger charge is -2.32. The Morgan fingerprint density at radius 2 is 1.57 bits per heavy atom. The van der Waals surface area contributed by atoms with Gasteiger partial charge in [0.1, 0.15) is 24.2 Å². The van der Waals surface area contributed by atoms with Crippen molar-refractivity contribution in [3.63, 3.8) is 0 Å². The average molecular weight is 611 g/mol. The predicted molar refractivity (Wildman–Crippen MR) is 154 cm³/mol. The zero-order valence-corrected chi connectivity index (χ0v) is 24.6. The van der Waals surface area contributed by atoms with Gasteiger partial charge >= 0.3 is 0 Å². The fourth-order valence-corrected chi connectivity index (χ4v) is 5.83. The van der Waals surface area contributed by atoms with Crippen molar-refractivity contribution in [1.82, 2.24) is 10.2 Å². The normalized spacial score (nSPS) is 11.9. The molecule has 0 unspecified atom stereocenters. The van der Waals surface area contributed by atoms with Crippen molar-refractivity contribution in [1.29, 1.82) is 0 Å². The van der Waals surface area contributed by atoms with Gasteiger partial charge in [0, 0.05) is 28.7 Å². The Morgan fingerprint density at radius 3 is 2.12 bits per heavy atom. The van der Waals surface area contributed by atoms with Crippen molar-refractivity contribution in [2.45, 2.75) is 38.3 Å². The van der Waals surface area contributed by atoms with Crippen LogP contribution in [0.5, 0.6) is 5.75 Å². The number of amides is 2. The van der Waals surface area contributed by atoms with Gasteiger partial charge < -0.3 is 15.0 Å². The minimum Gasteiger partial charge on any atom is -0.494 e. The van der Waals surface area contributed by atoms with Crippen molar-refractivity contribution >= 4 is 50.7 Å². The largest absolute Gasteiger partial charge is 0.494 e. The molecule has 0 aromatic heterocycles. The number of sulfonamides is 1. The average Bonchev–Trinajstić information content (AvgIpc) is 2.92. The van der Waals surface area contributed by atoms with Crippen LogP contribution in [0, 0.1) is 5.82 Å². The summed E-state index contributed by atoms with van der Waals surface area (Å²) in [4.78, 5) is 27.7. The standard InChI is InChI=1S/C28H30Cl2FN3O5S/c1-4-32-28(36)19(3)33(17-24-25(29)7-6-8-26(24)30)27(35)18-34(21-11-9-20(31)10-12-21)40(37,38)23-15-13-22(14-16-23)39-5-2/h6-16,19H,4-5,17-18H2,1-3H3,(H,32,36)/t19-/m1/s1. The molecular weight excluding hydrogens is 580 g/mol. The van der Waals surface area contributed by atoms with Crippen molar-refractivity contribution in [2.24, 2.45) is 0 Å². The van der Waals surface area contributed by atoms with E-state index in [4.69, 9.17) is 27.9 Å². The van der Waals surface area contributed by atoms with Gasteiger partial charge in [0.05, 0.1) is 17.2 Å². The van der Waals surface area contributed by atoms with E-state index in [1.165, 1.54) is 48.2 Å². The van der Waals surface area contributed by atoms with Crippen LogP contribution in [0.15, 0.2) is 71.6 Å². The highest BCUT2D eigenvalue weighted by Crippen LogP contribution is 2.29. The van der Waals surface area contributed by atoms with Crippen molar-refractivity contribution < 1.29 is 27.1 Å².